The molecule has 1 atom stereocenters. The van der Waals surface area contributed by atoms with E-state index in [-0.39, 0.29) is 23.5 Å². The number of benzene rings is 2. The van der Waals surface area contributed by atoms with Gasteiger partial charge in [-0.15, -0.1) is 0 Å². The molecule has 0 bridgehead atoms. The van der Waals surface area contributed by atoms with Crippen molar-refractivity contribution in [3.8, 4) is 5.75 Å². The van der Waals surface area contributed by atoms with Crippen LogP contribution >= 0.6 is 0 Å². The first-order chi connectivity index (χ1) is 15.2. The average Bonchev–Trinajstić information content (AvgIpc) is 3.09. The summed E-state index contributed by atoms with van der Waals surface area (Å²) in [6, 6.07) is 11.7. The second kappa shape index (κ2) is 9.73. The zero-order valence-electron chi connectivity index (χ0n) is 17.7. The molecule has 0 aliphatic rings. The van der Waals surface area contributed by atoms with Crippen LogP contribution in [0.15, 0.2) is 53.1 Å². The van der Waals surface area contributed by atoms with Crippen LogP contribution in [0.1, 0.15) is 34.3 Å². The number of aromatic nitrogens is 1. The molecule has 3 aromatic rings. The van der Waals surface area contributed by atoms with Crippen molar-refractivity contribution in [2.45, 2.75) is 33.5 Å². The zero-order valence-corrected chi connectivity index (χ0v) is 17.7. The predicted octanol–water partition coefficient (Wildman–Crippen LogP) is 3.96. The first-order valence-electron chi connectivity index (χ1n) is 9.65. The molecule has 1 unspecified atom stereocenters. The summed E-state index contributed by atoms with van der Waals surface area (Å²) in [5, 5.41) is 17.2. The van der Waals surface area contributed by atoms with Crippen molar-refractivity contribution in [1.82, 2.24) is 5.16 Å². The van der Waals surface area contributed by atoms with Crippen molar-refractivity contribution in [3.05, 3.63) is 81.2 Å². The summed E-state index contributed by atoms with van der Waals surface area (Å²) in [5.74, 6) is -0.0830. The molecular weight excluding hydrogens is 418 g/mol. The highest BCUT2D eigenvalue weighted by Gasteiger charge is 2.20. The number of nitrogens with zero attached hydrogens (tertiary/aromatic N) is 2. The number of esters is 1. The van der Waals surface area contributed by atoms with Gasteiger partial charge in [0.05, 0.1) is 21.7 Å². The molecule has 0 saturated heterocycles. The van der Waals surface area contributed by atoms with Gasteiger partial charge in [0.25, 0.3) is 11.6 Å². The Balaban J connectivity index is 1.55. The first-order valence-corrected chi connectivity index (χ1v) is 9.65. The van der Waals surface area contributed by atoms with Crippen LogP contribution in [0, 0.1) is 24.0 Å². The number of hydrogen-bond acceptors (Lipinski definition) is 8. The van der Waals surface area contributed by atoms with E-state index < -0.39 is 22.9 Å². The van der Waals surface area contributed by atoms with Crippen molar-refractivity contribution in [3.63, 3.8) is 0 Å². The Morgan fingerprint density at radius 2 is 1.91 bits per heavy atom. The van der Waals surface area contributed by atoms with Crippen LogP contribution in [0.4, 0.5) is 11.4 Å². The number of hydrogen-bond donors (Lipinski definition) is 1. The number of nitro groups is 1. The van der Waals surface area contributed by atoms with E-state index >= 15 is 0 Å². The fourth-order valence-corrected chi connectivity index (χ4v) is 2.77. The van der Waals surface area contributed by atoms with Crippen LogP contribution in [0.25, 0.3) is 0 Å². The summed E-state index contributed by atoms with van der Waals surface area (Å²) in [6.45, 7) is 5.31. The zero-order chi connectivity index (χ0) is 23.3. The van der Waals surface area contributed by atoms with Gasteiger partial charge in [0.1, 0.15) is 18.1 Å². The lowest BCUT2D eigenvalue weighted by atomic mass is 10.2. The van der Waals surface area contributed by atoms with Gasteiger partial charge in [-0.1, -0.05) is 11.2 Å². The fraction of sp³-hybridized carbons (Fsp3) is 0.227. The lowest BCUT2D eigenvalue weighted by molar-refractivity contribution is -0.384. The van der Waals surface area contributed by atoms with Gasteiger partial charge in [-0.2, -0.15) is 0 Å². The Morgan fingerprint density at radius 3 is 2.53 bits per heavy atom. The molecule has 166 valence electrons. The maximum Gasteiger partial charge on any atom is 0.338 e. The summed E-state index contributed by atoms with van der Waals surface area (Å²) in [5.41, 5.74) is 1.91. The lowest BCUT2D eigenvalue weighted by Gasteiger charge is -2.14. The molecule has 1 N–H and O–H groups in total. The molecule has 0 aliphatic carbocycles. The monoisotopic (exact) mass is 439 g/mol. The molecule has 3 rings (SSSR count). The van der Waals surface area contributed by atoms with Crippen LogP contribution in [0.2, 0.25) is 0 Å². The van der Waals surface area contributed by atoms with Crippen molar-refractivity contribution in [1.29, 1.82) is 0 Å². The third-order valence-electron chi connectivity index (χ3n) is 4.63. The van der Waals surface area contributed by atoms with Crippen LogP contribution in [0.3, 0.4) is 0 Å². The van der Waals surface area contributed by atoms with Gasteiger partial charge in [0.2, 0.25) is 0 Å². The maximum absolute atomic E-state index is 12.3. The second-order valence-corrected chi connectivity index (χ2v) is 6.96. The molecule has 0 aliphatic heterocycles. The molecular formula is C22H21N3O7. The minimum absolute atomic E-state index is 0.163. The second-order valence-electron chi connectivity index (χ2n) is 6.96. The molecule has 32 heavy (non-hydrogen) atoms. The number of amides is 1. The number of carbonyl (C=O) groups is 2. The molecule has 0 saturated carbocycles. The number of carbonyl (C=O) groups excluding carboxylic acids is 2. The SMILES string of the molecule is Cc1noc(C)c1COc1ccc(C(=O)OC(C)C(=O)Nc2cccc([N+](=O)[O-])c2)cc1. The Labute approximate surface area is 183 Å². The standard InChI is InChI=1S/C22H21N3O7/c1-13-20(14(2)32-24-13)12-30-19-9-7-16(8-10-19)22(27)31-15(3)21(26)23-17-5-4-6-18(11-17)25(28)29/h4-11,15H,12H2,1-3H3,(H,23,26). The number of nitrogens with one attached hydrogen (secondary N) is 1. The number of rotatable bonds is 8. The van der Waals surface area contributed by atoms with Gasteiger partial charge >= 0.3 is 5.97 Å². The third-order valence-corrected chi connectivity index (χ3v) is 4.63. The average molecular weight is 439 g/mol. The Morgan fingerprint density at radius 1 is 1.19 bits per heavy atom. The smallest absolute Gasteiger partial charge is 0.338 e. The highest BCUT2D eigenvalue weighted by molar-refractivity contribution is 5.97. The van der Waals surface area contributed by atoms with E-state index in [0.29, 0.717) is 11.5 Å². The summed E-state index contributed by atoms with van der Waals surface area (Å²) in [6.07, 6.45) is -1.11. The first kappa shape index (κ1) is 22.5. The van der Waals surface area contributed by atoms with Gasteiger partial charge < -0.3 is 19.3 Å². The van der Waals surface area contributed by atoms with Gasteiger partial charge in [-0.25, -0.2) is 4.79 Å². The summed E-state index contributed by atoms with van der Waals surface area (Å²) in [4.78, 5) is 34.9. The van der Waals surface area contributed by atoms with Crippen LogP contribution in [-0.4, -0.2) is 28.1 Å². The van der Waals surface area contributed by atoms with Crippen molar-refractivity contribution < 1.29 is 28.5 Å². The molecule has 2 aromatic carbocycles. The Hall–Kier alpha value is -4.21. The molecule has 0 radical (unpaired) electrons. The number of aryl methyl sites for hydroxylation is 2. The van der Waals surface area contributed by atoms with E-state index in [1.807, 2.05) is 6.92 Å². The van der Waals surface area contributed by atoms with E-state index in [1.165, 1.54) is 43.3 Å². The summed E-state index contributed by atoms with van der Waals surface area (Å²) < 4.78 is 16.0. The lowest BCUT2D eigenvalue weighted by Crippen LogP contribution is -2.30. The van der Waals surface area contributed by atoms with Crippen LogP contribution in [0.5, 0.6) is 5.75 Å². The highest BCUT2D eigenvalue weighted by atomic mass is 16.6. The Bertz CT molecular complexity index is 1120. The van der Waals surface area contributed by atoms with Gasteiger partial charge in [0.15, 0.2) is 6.10 Å². The number of ether oxygens (including phenoxy) is 2. The van der Waals surface area contributed by atoms with Crippen molar-refractivity contribution in [2.24, 2.45) is 0 Å². The van der Waals surface area contributed by atoms with Gasteiger partial charge in [0, 0.05) is 17.8 Å². The van der Waals surface area contributed by atoms with E-state index in [2.05, 4.69) is 10.5 Å². The maximum atomic E-state index is 12.3. The summed E-state index contributed by atoms with van der Waals surface area (Å²) in [7, 11) is 0. The Kier molecular flexibility index (Phi) is 6.83. The van der Waals surface area contributed by atoms with Crippen LogP contribution < -0.4 is 10.1 Å². The molecule has 1 aromatic heterocycles. The molecule has 0 spiro atoms. The topological polar surface area (TPSA) is 134 Å². The largest absolute Gasteiger partial charge is 0.489 e. The number of nitro benzene ring substituents is 1. The van der Waals surface area contributed by atoms with Crippen molar-refractivity contribution in [2.75, 3.05) is 5.32 Å². The van der Waals surface area contributed by atoms with E-state index in [9.17, 15) is 19.7 Å². The number of non-ortho nitro benzene ring substituents is 1. The molecule has 10 nitrogen and oxygen atoms in total. The fourth-order valence-electron chi connectivity index (χ4n) is 2.77. The molecule has 1 heterocycles. The van der Waals surface area contributed by atoms with Gasteiger partial charge in [-0.3, -0.25) is 14.9 Å². The van der Waals surface area contributed by atoms with Gasteiger partial charge in [-0.05, 0) is 51.1 Å². The van der Waals surface area contributed by atoms with E-state index in [0.717, 1.165) is 11.3 Å². The molecule has 1 amide bonds. The highest BCUT2D eigenvalue weighted by Crippen LogP contribution is 2.19. The minimum atomic E-state index is -1.11. The van der Waals surface area contributed by atoms with E-state index in [4.69, 9.17) is 14.0 Å². The number of anilines is 1. The normalized spacial score (nSPS) is 11.5. The summed E-state index contributed by atoms with van der Waals surface area (Å²) >= 11 is 0. The van der Waals surface area contributed by atoms with Crippen LogP contribution in [-0.2, 0) is 16.1 Å². The van der Waals surface area contributed by atoms with E-state index in [1.54, 1.807) is 19.1 Å². The minimum Gasteiger partial charge on any atom is -0.489 e. The quantitative estimate of drug-likeness (QED) is 0.317. The predicted molar refractivity (Wildman–Crippen MR) is 113 cm³/mol. The van der Waals surface area contributed by atoms with Crippen molar-refractivity contribution >= 4 is 23.3 Å². The molecule has 0 fully saturated rings. The third kappa shape index (κ3) is 5.48. The molecule has 10 heteroatoms.